The summed E-state index contributed by atoms with van der Waals surface area (Å²) in [7, 11) is 0. The van der Waals surface area contributed by atoms with Gasteiger partial charge in [-0.25, -0.2) is 0 Å². The van der Waals surface area contributed by atoms with Crippen LogP contribution in [0.5, 0.6) is 0 Å². The molecule has 0 aromatic carbocycles. The SMILES string of the molecule is CC(C)CBr.[Mg]. The van der Waals surface area contributed by atoms with Gasteiger partial charge in [0, 0.05) is 28.4 Å². The minimum Gasteiger partial charge on any atom is -0.0925 e. The lowest BCUT2D eigenvalue weighted by molar-refractivity contribution is 0.756. The van der Waals surface area contributed by atoms with E-state index in [0.29, 0.717) is 0 Å². The summed E-state index contributed by atoms with van der Waals surface area (Å²) in [5.74, 6) is 0.801. The fourth-order valence-corrected chi connectivity index (χ4v) is 0. The second-order valence-corrected chi connectivity index (χ2v) is 2.20. The Balaban J connectivity index is 0. The number of hydrogen-bond acceptors (Lipinski definition) is 0. The summed E-state index contributed by atoms with van der Waals surface area (Å²) >= 11 is 3.31. The summed E-state index contributed by atoms with van der Waals surface area (Å²) < 4.78 is 0. The van der Waals surface area contributed by atoms with Crippen LogP contribution in [0.1, 0.15) is 13.8 Å². The summed E-state index contributed by atoms with van der Waals surface area (Å²) in [5.41, 5.74) is 0. The van der Waals surface area contributed by atoms with Crippen LogP contribution < -0.4 is 0 Å². The third-order valence-electron chi connectivity index (χ3n) is 0.309. The van der Waals surface area contributed by atoms with E-state index in [4.69, 9.17) is 0 Å². The van der Waals surface area contributed by atoms with E-state index in [1.807, 2.05) is 0 Å². The zero-order valence-electron chi connectivity index (χ0n) is 4.37. The summed E-state index contributed by atoms with van der Waals surface area (Å²) in [4.78, 5) is 0. The normalized spacial score (nSPS) is 8.00. The van der Waals surface area contributed by atoms with Gasteiger partial charge < -0.3 is 0 Å². The quantitative estimate of drug-likeness (QED) is 0.405. The lowest BCUT2D eigenvalue weighted by Gasteiger charge is -1.88. The van der Waals surface area contributed by atoms with Gasteiger partial charge in [-0.1, -0.05) is 29.8 Å². The molecule has 0 unspecified atom stereocenters. The first-order chi connectivity index (χ1) is 2.27. The molecule has 6 heavy (non-hydrogen) atoms. The third kappa shape index (κ3) is 8.98. The van der Waals surface area contributed by atoms with E-state index in [0.717, 1.165) is 11.2 Å². The molecule has 0 aromatic heterocycles. The van der Waals surface area contributed by atoms with Crippen molar-refractivity contribution in [2.75, 3.05) is 5.33 Å². The Morgan fingerprint density at radius 3 is 1.67 bits per heavy atom. The molecule has 2 heteroatoms. The molecule has 0 rings (SSSR count). The minimum atomic E-state index is 0. The predicted molar refractivity (Wildman–Crippen MR) is 34.4 cm³/mol. The van der Waals surface area contributed by atoms with Crippen LogP contribution >= 0.6 is 15.9 Å². The Hall–Kier alpha value is 1.25. The van der Waals surface area contributed by atoms with Crippen molar-refractivity contribution in [3.05, 3.63) is 0 Å². The van der Waals surface area contributed by atoms with E-state index < -0.39 is 0 Å². The second-order valence-electron chi connectivity index (χ2n) is 1.55. The van der Waals surface area contributed by atoms with Crippen LogP contribution in [0.4, 0.5) is 0 Å². The lowest BCUT2D eigenvalue weighted by atomic mass is 10.3. The van der Waals surface area contributed by atoms with Gasteiger partial charge in [0.2, 0.25) is 0 Å². The van der Waals surface area contributed by atoms with Crippen molar-refractivity contribution in [2.45, 2.75) is 13.8 Å². The van der Waals surface area contributed by atoms with Crippen LogP contribution in [-0.4, -0.2) is 28.4 Å². The standard InChI is InChI=1S/C4H9Br.Mg/c1-4(2)3-5;/h4H,3H2,1-2H3;. The molecule has 0 spiro atoms. The molecule has 0 N–H and O–H groups in total. The van der Waals surface area contributed by atoms with Gasteiger partial charge in [-0.15, -0.1) is 0 Å². The molecule has 0 aliphatic carbocycles. The number of rotatable bonds is 1. The average molecular weight is 161 g/mol. The van der Waals surface area contributed by atoms with E-state index in [2.05, 4.69) is 29.8 Å². The first kappa shape index (κ1) is 10.3. The minimum absolute atomic E-state index is 0. The number of halogens is 1. The molecule has 2 radical (unpaired) electrons. The van der Waals surface area contributed by atoms with E-state index >= 15 is 0 Å². The fraction of sp³-hybridized carbons (Fsp3) is 1.00. The van der Waals surface area contributed by atoms with E-state index in [-0.39, 0.29) is 23.1 Å². The molecule has 0 aliphatic rings. The molecular weight excluding hydrogens is 152 g/mol. The van der Waals surface area contributed by atoms with Gasteiger partial charge in [-0.3, -0.25) is 0 Å². The first-order valence-electron chi connectivity index (χ1n) is 1.83. The van der Waals surface area contributed by atoms with Gasteiger partial charge in [0.25, 0.3) is 0 Å². The predicted octanol–water partition coefficient (Wildman–Crippen LogP) is 1.66. The van der Waals surface area contributed by atoms with Crippen LogP contribution in [0.2, 0.25) is 0 Å². The Bertz CT molecular complexity index is 21.5. The van der Waals surface area contributed by atoms with Crippen LogP contribution in [-0.2, 0) is 0 Å². The molecule has 0 saturated heterocycles. The maximum atomic E-state index is 3.31. The summed E-state index contributed by atoms with van der Waals surface area (Å²) in [6.45, 7) is 4.35. The van der Waals surface area contributed by atoms with E-state index in [1.165, 1.54) is 0 Å². The molecular formula is C4H9BrMg. The zero-order chi connectivity index (χ0) is 4.28. The van der Waals surface area contributed by atoms with Crippen LogP contribution in [0.25, 0.3) is 0 Å². The van der Waals surface area contributed by atoms with Crippen LogP contribution in [0.15, 0.2) is 0 Å². The molecule has 0 atom stereocenters. The first-order valence-corrected chi connectivity index (χ1v) is 2.95. The molecule has 0 fully saturated rings. The lowest BCUT2D eigenvalue weighted by Crippen LogP contribution is -1.82. The highest BCUT2D eigenvalue weighted by Crippen LogP contribution is 1.94. The fourth-order valence-electron chi connectivity index (χ4n) is 0. The van der Waals surface area contributed by atoms with Gasteiger partial charge in [-0.2, -0.15) is 0 Å². The number of hydrogen-bond donors (Lipinski definition) is 0. The molecule has 0 amide bonds. The van der Waals surface area contributed by atoms with Crippen LogP contribution in [0.3, 0.4) is 0 Å². The van der Waals surface area contributed by atoms with Crippen molar-refractivity contribution in [3.8, 4) is 0 Å². The molecule has 34 valence electrons. The molecule has 0 saturated carbocycles. The van der Waals surface area contributed by atoms with Crippen molar-refractivity contribution in [2.24, 2.45) is 5.92 Å². The average Bonchev–Trinajstić information content (AvgIpc) is 1.38. The highest BCUT2D eigenvalue weighted by Gasteiger charge is 1.81. The molecule has 0 bridgehead atoms. The zero-order valence-corrected chi connectivity index (χ0v) is 7.37. The van der Waals surface area contributed by atoms with Gasteiger partial charge in [0.15, 0.2) is 0 Å². The van der Waals surface area contributed by atoms with Crippen molar-refractivity contribution < 1.29 is 0 Å². The van der Waals surface area contributed by atoms with Gasteiger partial charge >= 0.3 is 0 Å². The monoisotopic (exact) mass is 160 g/mol. The van der Waals surface area contributed by atoms with Crippen molar-refractivity contribution >= 4 is 39.0 Å². The summed E-state index contributed by atoms with van der Waals surface area (Å²) in [6, 6.07) is 0. The molecule has 0 heterocycles. The van der Waals surface area contributed by atoms with Gasteiger partial charge in [0.1, 0.15) is 0 Å². The summed E-state index contributed by atoms with van der Waals surface area (Å²) in [5, 5.41) is 1.12. The second kappa shape index (κ2) is 6.25. The van der Waals surface area contributed by atoms with Crippen LogP contribution in [0, 0.1) is 5.92 Å². The molecule has 0 aliphatic heterocycles. The van der Waals surface area contributed by atoms with Crippen molar-refractivity contribution in [3.63, 3.8) is 0 Å². The smallest absolute Gasteiger partial charge is 0.00544 e. The maximum absolute atomic E-state index is 3.31. The van der Waals surface area contributed by atoms with E-state index in [9.17, 15) is 0 Å². The Labute approximate surface area is 64.0 Å². The highest BCUT2D eigenvalue weighted by molar-refractivity contribution is 9.09. The van der Waals surface area contributed by atoms with Crippen molar-refractivity contribution in [1.29, 1.82) is 0 Å². The topological polar surface area (TPSA) is 0 Å². The molecule has 0 nitrogen and oxygen atoms in total. The summed E-state index contributed by atoms with van der Waals surface area (Å²) in [6.07, 6.45) is 0. The Morgan fingerprint density at radius 2 is 1.67 bits per heavy atom. The third-order valence-corrected chi connectivity index (χ3v) is 1.60. The molecule has 0 aromatic rings. The Kier molecular flexibility index (Phi) is 10.7. The maximum Gasteiger partial charge on any atom is 0.00544 e. The van der Waals surface area contributed by atoms with Crippen molar-refractivity contribution in [1.82, 2.24) is 0 Å². The van der Waals surface area contributed by atoms with E-state index in [1.54, 1.807) is 0 Å². The highest BCUT2D eigenvalue weighted by atomic mass is 79.9. The van der Waals surface area contributed by atoms with Gasteiger partial charge in [0.05, 0.1) is 0 Å². The largest absolute Gasteiger partial charge is 0.0925 e. The van der Waals surface area contributed by atoms with Gasteiger partial charge in [-0.05, 0) is 5.92 Å². The Morgan fingerprint density at radius 1 is 1.50 bits per heavy atom. The number of alkyl halides is 1.